The Labute approximate surface area is 125 Å². The van der Waals surface area contributed by atoms with Crippen molar-refractivity contribution in [1.29, 1.82) is 0 Å². The van der Waals surface area contributed by atoms with Crippen LogP contribution in [0, 0.1) is 0 Å². The molecule has 2 aliphatic rings. The molecule has 7 nitrogen and oxygen atoms in total. The summed E-state index contributed by atoms with van der Waals surface area (Å²) in [6.45, 7) is 2.82. The van der Waals surface area contributed by atoms with Gasteiger partial charge in [0, 0.05) is 19.6 Å². The van der Waals surface area contributed by atoms with E-state index in [2.05, 4.69) is 15.5 Å². The smallest absolute Gasteiger partial charge is 0.315 e. The average Bonchev–Trinajstić information content (AvgIpc) is 2.83. The van der Waals surface area contributed by atoms with Gasteiger partial charge in [-0.3, -0.25) is 4.79 Å². The zero-order valence-corrected chi connectivity index (χ0v) is 12.6. The van der Waals surface area contributed by atoms with Crippen molar-refractivity contribution >= 4 is 12.0 Å². The maximum absolute atomic E-state index is 12.0. The average molecular weight is 299 g/mol. The van der Waals surface area contributed by atoms with E-state index in [1.165, 1.54) is 0 Å². The SMILES string of the molecule is CN1CCOC(CNC(=O)NC2(CC(=O)O)CCCC2)C1. The minimum absolute atomic E-state index is 0.00602. The normalized spacial score (nSPS) is 25.5. The predicted octanol–water partition coefficient (Wildman–Crippen LogP) is 0.404. The largest absolute Gasteiger partial charge is 0.481 e. The van der Waals surface area contributed by atoms with Crippen LogP contribution < -0.4 is 10.6 Å². The topological polar surface area (TPSA) is 90.9 Å². The number of likely N-dealkylation sites (N-methyl/N-ethyl adjacent to an activating group) is 1. The van der Waals surface area contributed by atoms with Crippen molar-refractivity contribution < 1.29 is 19.4 Å². The number of carbonyl (C=O) groups excluding carboxylic acids is 1. The Balaban J connectivity index is 1.78. The highest BCUT2D eigenvalue weighted by atomic mass is 16.5. The summed E-state index contributed by atoms with van der Waals surface area (Å²) in [6, 6.07) is -0.296. The van der Waals surface area contributed by atoms with E-state index in [0.29, 0.717) is 13.2 Å². The Kier molecular flexibility index (Phi) is 5.41. The molecule has 1 aliphatic heterocycles. The fourth-order valence-corrected chi connectivity index (χ4v) is 3.17. The first-order valence-electron chi connectivity index (χ1n) is 7.57. The van der Waals surface area contributed by atoms with Gasteiger partial charge in [0.25, 0.3) is 0 Å². The van der Waals surface area contributed by atoms with Gasteiger partial charge in [-0.1, -0.05) is 12.8 Å². The maximum atomic E-state index is 12.0. The van der Waals surface area contributed by atoms with Gasteiger partial charge in [-0.2, -0.15) is 0 Å². The summed E-state index contributed by atoms with van der Waals surface area (Å²) in [4.78, 5) is 25.2. The van der Waals surface area contributed by atoms with Crippen LogP contribution in [-0.4, -0.2) is 66.9 Å². The molecule has 0 aromatic carbocycles. The van der Waals surface area contributed by atoms with Crippen molar-refractivity contribution in [2.24, 2.45) is 0 Å². The molecule has 2 amide bonds. The maximum Gasteiger partial charge on any atom is 0.315 e. The van der Waals surface area contributed by atoms with Gasteiger partial charge in [0.2, 0.25) is 0 Å². The van der Waals surface area contributed by atoms with Gasteiger partial charge in [-0.25, -0.2) is 4.79 Å². The molecule has 1 heterocycles. The van der Waals surface area contributed by atoms with Gasteiger partial charge in [0.05, 0.1) is 24.7 Å². The lowest BCUT2D eigenvalue weighted by atomic mass is 9.93. The first kappa shape index (κ1) is 16.0. The van der Waals surface area contributed by atoms with Crippen LogP contribution in [0.1, 0.15) is 32.1 Å². The molecule has 7 heteroatoms. The molecule has 3 N–H and O–H groups in total. The number of rotatable bonds is 5. The molecule has 120 valence electrons. The molecule has 0 aromatic heterocycles. The van der Waals surface area contributed by atoms with Gasteiger partial charge < -0.3 is 25.4 Å². The van der Waals surface area contributed by atoms with E-state index in [9.17, 15) is 9.59 Å². The van der Waals surface area contributed by atoms with Crippen molar-refractivity contribution in [2.45, 2.75) is 43.7 Å². The first-order chi connectivity index (χ1) is 9.99. The summed E-state index contributed by atoms with van der Waals surface area (Å²) in [5, 5.41) is 14.7. The number of hydrogen-bond acceptors (Lipinski definition) is 4. The number of aliphatic carboxylic acids is 1. The summed E-state index contributed by atoms with van der Waals surface area (Å²) in [6.07, 6.45) is 3.37. The number of carboxylic acid groups (broad SMARTS) is 1. The second-order valence-electron chi connectivity index (χ2n) is 6.15. The van der Waals surface area contributed by atoms with E-state index in [4.69, 9.17) is 9.84 Å². The van der Waals surface area contributed by atoms with E-state index in [1.807, 2.05) is 7.05 Å². The Morgan fingerprint density at radius 3 is 2.71 bits per heavy atom. The van der Waals surface area contributed by atoms with E-state index in [1.54, 1.807) is 0 Å². The molecule has 1 atom stereocenters. The number of carboxylic acids is 1. The molecule has 0 radical (unpaired) electrons. The van der Waals surface area contributed by atoms with Gasteiger partial charge in [0.15, 0.2) is 0 Å². The monoisotopic (exact) mass is 299 g/mol. The Morgan fingerprint density at radius 1 is 1.38 bits per heavy atom. The fourth-order valence-electron chi connectivity index (χ4n) is 3.17. The molecule has 1 unspecified atom stereocenters. The molecular weight excluding hydrogens is 274 g/mol. The van der Waals surface area contributed by atoms with Crippen LogP contribution in [0.5, 0.6) is 0 Å². The summed E-state index contributed by atoms with van der Waals surface area (Å²) < 4.78 is 5.58. The molecule has 1 saturated carbocycles. The lowest BCUT2D eigenvalue weighted by Crippen LogP contribution is -2.54. The number of amides is 2. The van der Waals surface area contributed by atoms with Crippen LogP contribution in [-0.2, 0) is 9.53 Å². The second-order valence-corrected chi connectivity index (χ2v) is 6.15. The first-order valence-corrected chi connectivity index (χ1v) is 7.57. The van der Waals surface area contributed by atoms with Crippen LogP contribution in [0.15, 0.2) is 0 Å². The molecular formula is C14H25N3O4. The highest BCUT2D eigenvalue weighted by molar-refractivity contribution is 5.76. The minimum atomic E-state index is -0.866. The number of urea groups is 1. The van der Waals surface area contributed by atoms with Gasteiger partial charge >= 0.3 is 12.0 Å². The van der Waals surface area contributed by atoms with E-state index < -0.39 is 11.5 Å². The third-order valence-electron chi connectivity index (χ3n) is 4.26. The molecule has 0 bridgehead atoms. The standard InChI is InChI=1S/C14H25N3O4/c1-17-6-7-21-11(10-17)9-15-13(20)16-14(8-12(18)19)4-2-3-5-14/h11H,2-10H2,1H3,(H,18,19)(H2,15,16,20). The van der Waals surface area contributed by atoms with Gasteiger partial charge in [0.1, 0.15) is 0 Å². The summed E-state index contributed by atoms with van der Waals surface area (Å²) in [7, 11) is 2.02. The number of morpholine rings is 1. The van der Waals surface area contributed by atoms with E-state index in [-0.39, 0.29) is 18.6 Å². The van der Waals surface area contributed by atoms with E-state index in [0.717, 1.165) is 38.8 Å². The Morgan fingerprint density at radius 2 is 2.10 bits per heavy atom. The third kappa shape index (κ3) is 4.86. The quantitative estimate of drug-likeness (QED) is 0.684. The van der Waals surface area contributed by atoms with Crippen LogP contribution in [0.2, 0.25) is 0 Å². The van der Waals surface area contributed by atoms with Crippen LogP contribution in [0.3, 0.4) is 0 Å². The summed E-state index contributed by atoms with van der Waals surface area (Å²) >= 11 is 0. The molecule has 1 saturated heterocycles. The molecule has 21 heavy (non-hydrogen) atoms. The number of nitrogens with one attached hydrogen (secondary N) is 2. The van der Waals surface area contributed by atoms with Gasteiger partial charge in [-0.05, 0) is 19.9 Å². The van der Waals surface area contributed by atoms with Crippen LogP contribution >= 0.6 is 0 Å². The van der Waals surface area contributed by atoms with Crippen molar-refractivity contribution in [3.05, 3.63) is 0 Å². The molecule has 0 aromatic rings. The highest BCUT2D eigenvalue weighted by Gasteiger charge is 2.37. The molecule has 1 aliphatic carbocycles. The number of carbonyl (C=O) groups is 2. The van der Waals surface area contributed by atoms with Crippen molar-refractivity contribution in [3.63, 3.8) is 0 Å². The zero-order chi connectivity index (χ0) is 15.3. The lowest BCUT2D eigenvalue weighted by Gasteiger charge is -2.31. The van der Waals surface area contributed by atoms with Crippen LogP contribution in [0.25, 0.3) is 0 Å². The summed E-state index contributed by atoms with van der Waals surface area (Å²) in [5.41, 5.74) is -0.583. The van der Waals surface area contributed by atoms with Crippen LogP contribution in [0.4, 0.5) is 4.79 Å². The number of ether oxygens (including phenoxy) is 1. The fraction of sp³-hybridized carbons (Fsp3) is 0.857. The third-order valence-corrected chi connectivity index (χ3v) is 4.26. The predicted molar refractivity (Wildman–Crippen MR) is 77.2 cm³/mol. The highest BCUT2D eigenvalue weighted by Crippen LogP contribution is 2.32. The van der Waals surface area contributed by atoms with Gasteiger partial charge in [-0.15, -0.1) is 0 Å². The Bertz CT molecular complexity index is 382. The molecule has 2 fully saturated rings. The second kappa shape index (κ2) is 7.09. The van der Waals surface area contributed by atoms with Crippen molar-refractivity contribution in [1.82, 2.24) is 15.5 Å². The molecule has 0 spiro atoms. The lowest BCUT2D eigenvalue weighted by molar-refractivity contribution is -0.138. The van der Waals surface area contributed by atoms with Crippen molar-refractivity contribution in [2.75, 3.05) is 33.3 Å². The number of hydrogen-bond donors (Lipinski definition) is 3. The molecule has 2 rings (SSSR count). The zero-order valence-electron chi connectivity index (χ0n) is 12.6. The summed E-state index contributed by atoms with van der Waals surface area (Å²) in [5.74, 6) is -0.866. The van der Waals surface area contributed by atoms with Crippen molar-refractivity contribution in [3.8, 4) is 0 Å². The minimum Gasteiger partial charge on any atom is -0.481 e. The number of nitrogens with zero attached hydrogens (tertiary/aromatic N) is 1. The van der Waals surface area contributed by atoms with E-state index >= 15 is 0 Å². The Hall–Kier alpha value is -1.34.